The highest BCUT2D eigenvalue weighted by molar-refractivity contribution is 7.53. The molecule has 0 amide bonds. The minimum absolute atomic E-state index is 0.0433. The van der Waals surface area contributed by atoms with Gasteiger partial charge >= 0.3 is 13.6 Å². The normalized spacial score (nSPS) is 16.2. The molecular weight excluding hydrogens is 397 g/mol. The molecule has 0 bridgehead atoms. The summed E-state index contributed by atoms with van der Waals surface area (Å²) >= 11 is 0. The highest BCUT2D eigenvalue weighted by Crippen LogP contribution is 2.53. The maximum absolute atomic E-state index is 13.3. The Morgan fingerprint density at radius 1 is 1.10 bits per heavy atom. The molecule has 0 radical (unpaired) electrons. The molecule has 2 rings (SSSR count). The summed E-state index contributed by atoms with van der Waals surface area (Å²) in [7, 11) is -2.15. The molecule has 8 nitrogen and oxygen atoms in total. The molecule has 0 atom stereocenters. The van der Waals surface area contributed by atoms with Gasteiger partial charge in [-0.05, 0) is 13.8 Å². The second-order valence-corrected chi connectivity index (χ2v) is 10.0. The lowest BCUT2D eigenvalue weighted by molar-refractivity contribution is 0.0337. The van der Waals surface area contributed by atoms with E-state index in [0.717, 1.165) is 18.7 Å². The van der Waals surface area contributed by atoms with E-state index in [0.29, 0.717) is 31.1 Å². The van der Waals surface area contributed by atoms with Crippen molar-refractivity contribution >= 4 is 13.6 Å². The molecule has 0 aliphatic carbocycles. The second kappa shape index (κ2) is 10.2. The Hall–Kier alpha value is -1.18. The van der Waals surface area contributed by atoms with Crippen LogP contribution >= 0.6 is 7.60 Å². The summed E-state index contributed by atoms with van der Waals surface area (Å²) in [6, 6.07) is 0. The fourth-order valence-electron chi connectivity index (χ4n) is 3.40. The Labute approximate surface area is 173 Å². The van der Waals surface area contributed by atoms with Gasteiger partial charge in [0.15, 0.2) is 0 Å². The number of morpholine rings is 1. The van der Waals surface area contributed by atoms with Crippen LogP contribution in [-0.4, -0.2) is 57.5 Å². The summed E-state index contributed by atoms with van der Waals surface area (Å²) in [6.45, 7) is 13.5. The van der Waals surface area contributed by atoms with Crippen molar-refractivity contribution in [3.63, 3.8) is 0 Å². The number of esters is 1. The first-order valence-corrected chi connectivity index (χ1v) is 11.8. The van der Waals surface area contributed by atoms with Gasteiger partial charge in [-0.3, -0.25) is 9.46 Å². The number of carbonyl (C=O) groups is 1. The van der Waals surface area contributed by atoms with Crippen molar-refractivity contribution in [1.82, 2.24) is 4.90 Å². The highest BCUT2D eigenvalue weighted by Gasteiger charge is 2.37. The molecule has 0 aromatic carbocycles. The van der Waals surface area contributed by atoms with Crippen LogP contribution in [0.15, 0.2) is 4.42 Å². The summed E-state index contributed by atoms with van der Waals surface area (Å²) in [6.07, 6.45) is -0.0433. The van der Waals surface area contributed by atoms with Crippen molar-refractivity contribution in [1.29, 1.82) is 0 Å². The van der Waals surface area contributed by atoms with Crippen LogP contribution in [0.25, 0.3) is 0 Å². The Bertz CT molecular complexity index is 722. The molecule has 1 aromatic heterocycles. The van der Waals surface area contributed by atoms with Gasteiger partial charge in [0.2, 0.25) is 5.76 Å². The zero-order chi connectivity index (χ0) is 21.7. The third-order valence-electron chi connectivity index (χ3n) is 4.66. The zero-order valence-electron chi connectivity index (χ0n) is 18.4. The maximum Gasteiger partial charge on any atom is 0.374 e. The Balaban J connectivity index is 2.57. The lowest BCUT2D eigenvalue weighted by Crippen LogP contribution is -2.36. The van der Waals surface area contributed by atoms with Crippen molar-refractivity contribution in [3.05, 3.63) is 22.6 Å². The van der Waals surface area contributed by atoms with E-state index in [-0.39, 0.29) is 30.6 Å². The van der Waals surface area contributed by atoms with E-state index >= 15 is 0 Å². The molecule has 1 aliphatic rings. The number of ether oxygens (including phenoxy) is 2. The SMILES string of the molecule is CCOP(=O)(Cc1c(C(=O)OC)oc(C(C)(C)C)c1CN1CCOCC1)OCC. The van der Waals surface area contributed by atoms with Gasteiger partial charge in [0, 0.05) is 36.2 Å². The minimum Gasteiger partial charge on any atom is -0.463 e. The number of hydrogen-bond acceptors (Lipinski definition) is 8. The van der Waals surface area contributed by atoms with E-state index in [1.807, 2.05) is 20.8 Å². The highest BCUT2D eigenvalue weighted by atomic mass is 31.2. The van der Waals surface area contributed by atoms with Gasteiger partial charge in [0.05, 0.1) is 39.7 Å². The number of hydrogen-bond donors (Lipinski definition) is 0. The molecule has 1 fully saturated rings. The van der Waals surface area contributed by atoms with Gasteiger partial charge in [0.25, 0.3) is 0 Å². The average molecular weight is 431 g/mol. The summed E-state index contributed by atoms with van der Waals surface area (Å²) < 4.78 is 40.7. The Kier molecular flexibility index (Phi) is 8.49. The molecular formula is C20H34NO7P. The van der Waals surface area contributed by atoms with Crippen molar-refractivity contribution in [2.45, 2.75) is 52.7 Å². The predicted molar refractivity (Wildman–Crippen MR) is 109 cm³/mol. The molecule has 2 heterocycles. The predicted octanol–water partition coefficient (Wildman–Crippen LogP) is 3.96. The van der Waals surface area contributed by atoms with E-state index in [1.165, 1.54) is 7.11 Å². The fourth-order valence-corrected chi connectivity index (χ4v) is 5.16. The first kappa shape index (κ1) is 24.1. The van der Waals surface area contributed by atoms with Gasteiger partial charge in [-0.15, -0.1) is 0 Å². The lowest BCUT2D eigenvalue weighted by Gasteiger charge is -2.28. The van der Waals surface area contributed by atoms with Crippen LogP contribution in [0, 0.1) is 0 Å². The molecule has 9 heteroatoms. The fraction of sp³-hybridized carbons (Fsp3) is 0.750. The first-order chi connectivity index (χ1) is 13.6. The van der Waals surface area contributed by atoms with Crippen LogP contribution in [0.5, 0.6) is 0 Å². The van der Waals surface area contributed by atoms with E-state index in [1.54, 1.807) is 13.8 Å². The summed E-state index contributed by atoms with van der Waals surface area (Å²) in [5.74, 6) is 0.150. The number of methoxy groups -OCH3 is 1. The van der Waals surface area contributed by atoms with E-state index in [2.05, 4.69) is 4.90 Å². The molecule has 166 valence electrons. The average Bonchev–Trinajstić information content (AvgIpc) is 3.00. The summed E-state index contributed by atoms with van der Waals surface area (Å²) in [5, 5.41) is 0. The van der Waals surface area contributed by atoms with Gasteiger partial charge in [-0.25, -0.2) is 4.79 Å². The van der Waals surface area contributed by atoms with E-state index < -0.39 is 13.6 Å². The quantitative estimate of drug-likeness (QED) is 0.429. The van der Waals surface area contributed by atoms with Crippen LogP contribution < -0.4 is 0 Å². The topological polar surface area (TPSA) is 87.4 Å². The maximum atomic E-state index is 13.3. The third kappa shape index (κ3) is 6.15. The largest absolute Gasteiger partial charge is 0.463 e. The minimum atomic E-state index is -3.45. The summed E-state index contributed by atoms with van der Waals surface area (Å²) in [4.78, 5) is 14.7. The molecule has 0 N–H and O–H groups in total. The van der Waals surface area contributed by atoms with E-state index in [4.69, 9.17) is 22.9 Å². The van der Waals surface area contributed by atoms with Crippen LogP contribution in [0.1, 0.15) is 62.1 Å². The van der Waals surface area contributed by atoms with Gasteiger partial charge in [-0.2, -0.15) is 0 Å². The Morgan fingerprint density at radius 3 is 2.17 bits per heavy atom. The van der Waals surface area contributed by atoms with Gasteiger partial charge < -0.3 is 22.9 Å². The third-order valence-corrected chi connectivity index (χ3v) is 6.66. The van der Waals surface area contributed by atoms with Gasteiger partial charge in [-0.1, -0.05) is 20.8 Å². The molecule has 1 aliphatic heterocycles. The number of furan rings is 1. The first-order valence-electron chi connectivity index (χ1n) is 10.1. The molecule has 0 saturated carbocycles. The molecule has 29 heavy (non-hydrogen) atoms. The molecule has 1 aromatic rings. The Morgan fingerprint density at radius 2 is 1.69 bits per heavy atom. The summed E-state index contributed by atoms with van der Waals surface area (Å²) in [5.41, 5.74) is 1.03. The number of carbonyl (C=O) groups excluding carboxylic acids is 1. The molecule has 1 saturated heterocycles. The molecule has 0 unspecified atom stereocenters. The smallest absolute Gasteiger partial charge is 0.374 e. The number of rotatable bonds is 9. The van der Waals surface area contributed by atoms with Crippen LogP contribution in [0.4, 0.5) is 0 Å². The van der Waals surface area contributed by atoms with Gasteiger partial charge in [0.1, 0.15) is 5.76 Å². The van der Waals surface area contributed by atoms with Crippen LogP contribution in [0.2, 0.25) is 0 Å². The molecule has 0 spiro atoms. The number of nitrogens with zero attached hydrogens (tertiary/aromatic N) is 1. The standard InChI is InChI=1S/C20H34NO7P/c1-7-26-29(23,27-8-2)14-16-15(13-21-9-11-25-12-10-21)18(20(3,4)5)28-17(16)19(22)24-6/h7-14H2,1-6H3. The van der Waals surface area contributed by atoms with Crippen LogP contribution in [-0.2, 0) is 41.2 Å². The zero-order valence-corrected chi connectivity index (χ0v) is 19.3. The lowest BCUT2D eigenvalue weighted by atomic mass is 9.89. The van der Waals surface area contributed by atoms with Crippen molar-refractivity contribution in [2.75, 3.05) is 46.6 Å². The van der Waals surface area contributed by atoms with E-state index in [9.17, 15) is 9.36 Å². The van der Waals surface area contributed by atoms with Crippen LogP contribution in [0.3, 0.4) is 0 Å². The monoisotopic (exact) mass is 431 g/mol. The van der Waals surface area contributed by atoms with Crippen molar-refractivity contribution < 1.29 is 32.3 Å². The van der Waals surface area contributed by atoms with Crippen molar-refractivity contribution in [2.24, 2.45) is 0 Å². The second-order valence-electron chi connectivity index (χ2n) is 7.95. The van der Waals surface area contributed by atoms with Crippen molar-refractivity contribution in [3.8, 4) is 0 Å².